The molecule has 1 aromatic heterocycles. The van der Waals surface area contributed by atoms with Gasteiger partial charge in [-0.3, -0.25) is 4.79 Å². The third-order valence-corrected chi connectivity index (χ3v) is 4.55. The number of rotatable bonds is 7. The molecule has 0 saturated heterocycles. The normalized spacial score (nSPS) is 10.8. The Bertz CT molecular complexity index is 1210. The summed E-state index contributed by atoms with van der Waals surface area (Å²) in [6, 6.07) is 21.5. The minimum absolute atomic E-state index is 0.0529. The summed E-state index contributed by atoms with van der Waals surface area (Å²) in [4.78, 5) is 12.5. The number of benzene rings is 3. The highest BCUT2D eigenvalue weighted by Crippen LogP contribution is 2.36. The van der Waals surface area contributed by atoms with E-state index in [4.69, 9.17) is 18.6 Å². The van der Waals surface area contributed by atoms with Crippen molar-refractivity contribution in [3.05, 3.63) is 88.6 Å². The minimum atomic E-state index is -0.488. The maximum atomic E-state index is 12.5. The van der Waals surface area contributed by atoms with Gasteiger partial charge in [-0.25, -0.2) is 0 Å². The number of para-hydroxylation sites is 1. The Balaban J connectivity index is 1.74. The maximum absolute atomic E-state index is 12.5. The molecule has 1 N–H and O–H groups in total. The first-order valence-corrected chi connectivity index (χ1v) is 9.35. The quantitative estimate of drug-likeness (QED) is 0.449. The summed E-state index contributed by atoms with van der Waals surface area (Å²) in [5.74, 6) is 0.526. The van der Waals surface area contributed by atoms with Crippen molar-refractivity contribution < 1.29 is 23.7 Å². The summed E-state index contributed by atoms with van der Waals surface area (Å²) in [5.41, 5.74) is 1.38. The van der Waals surface area contributed by atoms with Crippen LogP contribution in [0, 0.1) is 0 Å². The van der Waals surface area contributed by atoms with Crippen molar-refractivity contribution in [2.45, 2.75) is 6.61 Å². The van der Waals surface area contributed by atoms with Crippen molar-refractivity contribution in [2.75, 3.05) is 13.9 Å². The smallest absolute Gasteiger partial charge is 0.235 e. The standard InChI is InChI=1S/C24H20O6/c1-27-15-29-20-12-11-17(13-21(20)28-14-16-7-3-2-4-8-16)24-23(26)22(25)18-9-5-6-10-19(18)30-24/h2-13,26H,14-15H2,1H3. The van der Waals surface area contributed by atoms with Gasteiger partial charge in [-0.15, -0.1) is 0 Å². The molecule has 0 aliphatic heterocycles. The highest BCUT2D eigenvalue weighted by molar-refractivity contribution is 5.82. The number of fused-ring (bicyclic) bond motifs is 1. The van der Waals surface area contributed by atoms with Crippen LogP contribution >= 0.6 is 0 Å². The van der Waals surface area contributed by atoms with E-state index >= 15 is 0 Å². The fourth-order valence-corrected chi connectivity index (χ4v) is 3.07. The zero-order valence-corrected chi connectivity index (χ0v) is 16.3. The van der Waals surface area contributed by atoms with Crippen LogP contribution in [0.5, 0.6) is 17.2 Å². The first-order chi connectivity index (χ1) is 14.7. The van der Waals surface area contributed by atoms with Crippen LogP contribution in [0.15, 0.2) is 82.0 Å². The van der Waals surface area contributed by atoms with Crippen LogP contribution in [-0.2, 0) is 11.3 Å². The summed E-state index contributed by atoms with van der Waals surface area (Å²) < 4.78 is 22.4. The van der Waals surface area contributed by atoms with Crippen LogP contribution in [-0.4, -0.2) is 19.0 Å². The molecule has 0 atom stereocenters. The lowest BCUT2D eigenvalue weighted by Crippen LogP contribution is -2.04. The van der Waals surface area contributed by atoms with Crippen LogP contribution in [0.2, 0.25) is 0 Å². The Hall–Kier alpha value is -3.77. The Morgan fingerprint density at radius 2 is 1.67 bits per heavy atom. The highest BCUT2D eigenvalue weighted by atomic mass is 16.7. The van der Waals surface area contributed by atoms with Gasteiger partial charge in [0.05, 0.1) is 5.39 Å². The zero-order valence-electron chi connectivity index (χ0n) is 16.3. The van der Waals surface area contributed by atoms with Crippen LogP contribution in [0.3, 0.4) is 0 Å². The van der Waals surface area contributed by atoms with Crippen LogP contribution in [0.1, 0.15) is 5.56 Å². The molecule has 6 heteroatoms. The van der Waals surface area contributed by atoms with Crippen molar-refractivity contribution in [1.82, 2.24) is 0 Å². The van der Waals surface area contributed by atoms with E-state index in [9.17, 15) is 9.90 Å². The molecule has 3 aromatic carbocycles. The van der Waals surface area contributed by atoms with E-state index in [1.54, 1.807) is 42.5 Å². The molecule has 0 spiro atoms. The van der Waals surface area contributed by atoms with Gasteiger partial charge in [0.25, 0.3) is 0 Å². The fraction of sp³-hybridized carbons (Fsp3) is 0.125. The lowest BCUT2D eigenvalue weighted by Gasteiger charge is -2.14. The molecule has 0 aliphatic rings. The summed E-state index contributed by atoms with van der Waals surface area (Å²) in [7, 11) is 1.53. The molecular formula is C24H20O6. The van der Waals surface area contributed by atoms with Crippen molar-refractivity contribution in [2.24, 2.45) is 0 Å². The predicted octanol–water partition coefficient (Wildman–Crippen LogP) is 4.73. The van der Waals surface area contributed by atoms with E-state index in [0.717, 1.165) is 5.56 Å². The first kappa shape index (κ1) is 19.5. The van der Waals surface area contributed by atoms with Crippen LogP contribution in [0.25, 0.3) is 22.3 Å². The van der Waals surface area contributed by atoms with Gasteiger partial charge in [-0.05, 0) is 35.9 Å². The van der Waals surface area contributed by atoms with Gasteiger partial charge in [-0.2, -0.15) is 0 Å². The van der Waals surface area contributed by atoms with Crippen molar-refractivity contribution in [3.63, 3.8) is 0 Å². The third kappa shape index (κ3) is 3.99. The van der Waals surface area contributed by atoms with Crippen molar-refractivity contribution >= 4 is 11.0 Å². The molecule has 1 heterocycles. The molecule has 152 valence electrons. The Morgan fingerprint density at radius 1 is 0.900 bits per heavy atom. The van der Waals surface area contributed by atoms with Crippen molar-refractivity contribution in [3.8, 4) is 28.6 Å². The monoisotopic (exact) mass is 404 g/mol. The molecule has 0 saturated carbocycles. The van der Waals surface area contributed by atoms with Gasteiger partial charge in [0.1, 0.15) is 12.2 Å². The number of methoxy groups -OCH3 is 1. The summed E-state index contributed by atoms with van der Waals surface area (Å²) in [6.07, 6.45) is 0. The summed E-state index contributed by atoms with van der Waals surface area (Å²) in [6.45, 7) is 0.374. The Labute approximate surface area is 172 Å². The van der Waals surface area contributed by atoms with Gasteiger partial charge >= 0.3 is 0 Å². The minimum Gasteiger partial charge on any atom is -0.502 e. The molecule has 0 bridgehead atoms. The van der Waals surface area contributed by atoms with E-state index in [1.807, 2.05) is 30.3 Å². The second-order valence-electron chi connectivity index (χ2n) is 6.59. The number of aromatic hydroxyl groups is 1. The zero-order chi connectivity index (χ0) is 20.9. The van der Waals surface area contributed by atoms with E-state index in [2.05, 4.69) is 0 Å². The van der Waals surface area contributed by atoms with E-state index in [0.29, 0.717) is 34.6 Å². The molecule has 0 unspecified atom stereocenters. The lowest BCUT2D eigenvalue weighted by molar-refractivity contribution is 0.0484. The van der Waals surface area contributed by atoms with Crippen LogP contribution < -0.4 is 14.9 Å². The second kappa shape index (κ2) is 8.71. The van der Waals surface area contributed by atoms with E-state index in [1.165, 1.54) is 7.11 Å². The molecule has 0 fully saturated rings. The van der Waals surface area contributed by atoms with Gasteiger partial charge in [0.2, 0.25) is 11.2 Å². The summed E-state index contributed by atoms with van der Waals surface area (Å²) >= 11 is 0. The maximum Gasteiger partial charge on any atom is 0.235 e. The number of hydrogen-bond acceptors (Lipinski definition) is 6. The molecule has 30 heavy (non-hydrogen) atoms. The second-order valence-corrected chi connectivity index (χ2v) is 6.59. The van der Waals surface area contributed by atoms with Crippen LogP contribution in [0.4, 0.5) is 0 Å². The first-order valence-electron chi connectivity index (χ1n) is 9.35. The average Bonchev–Trinajstić information content (AvgIpc) is 2.79. The SMILES string of the molecule is COCOc1ccc(-c2oc3ccccc3c(=O)c2O)cc1OCc1ccccc1. The Morgan fingerprint density at radius 3 is 2.47 bits per heavy atom. The summed E-state index contributed by atoms with van der Waals surface area (Å²) in [5, 5.41) is 10.8. The fourth-order valence-electron chi connectivity index (χ4n) is 3.07. The van der Waals surface area contributed by atoms with Gasteiger partial charge in [-0.1, -0.05) is 42.5 Å². The lowest BCUT2D eigenvalue weighted by atomic mass is 10.1. The Kier molecular flexibility index (Phi) is 5.68. The predicted molar refractivity (Wildman–Crippen MR) is 113 cm³/mol. The molecule has 4 rings (SSSR count). The van der Waals surface area contributed by atoms with Gasteiger partial charge < -0.3 is 23.7 Å². The molecule has 6 nitrogen and oxygen atoms in total. The highest BCUT2D eigenvalue weighted by Gasteiger charge is 2.17. The number of ether oxygens (including phenoxy) is 3. The van der Waals surface area contributed by atoms with Crippen molar-refractivity contribution in [1.29, 1.82) is 0 Å². The third-order valence-electron chi connectivity index (χ3n) is 4.55. The molecule has 4 aromatic rings. The molecule has 0 amide bonds. The molecule has 0 aliphatic carbocycles. The van der Waals surface area contributed by atoms with E-state index < -0.39 is 11.2 Å². The average molecular weight is 404 g/mol. The number of hydrogen-bond donors (Lipinski definition) is 1. The molecule has 0 radical (unpaired) electrons. The van der Waals surface area contributed by atoms with Gasteiger partial charge in [0.15, 0.2) is 24.1 Å². The van der Waals surface area contributed by atoms with E-state index in [-0.39, 0.29) is 12.6 Å². The molecular weight excluding hydrogens is 384 g/mol. The topological polar surface area (TPSA) is 78.1 Å². The largest absolute Gasteiger partial charge is 0.502 e. The van der Waals surface area contributed by atoms with Gasteiger partial charge in [0, 0.05) is 12.7 Å².